The molecule has 1 heterocycles. The smallest absolute Gasteiger partial charge is 0.269 e. The van der Waals surface area contributed by atoms with Gasteiger partial charge in [0.2, 0.25) is 0 Å². The Kier molecular flexibility index (Phi) is 4.67. The zero-order valence-corrected chi connectivity index (χ0v) is 14.5. The molecule has 1 aliphatic rings. The number of aliphatic imine (C=N–C) groups is 1. The van der Waals surface area contributed by atoms with Gasteiger partial charge in [-0.1, -0.05) is 6.07 Å². The second-order valence-corrected chi connectivity index (χ2v) is 6.63. The van der Waals surface area contributed by atoms with Gasteiger partial charge in [-0.05, 0) is 72.6 Å². The van der Waals surface area contributed by atoms with Crippen LogP contribution in [0.15, 0.2) is 52.4 Å². The molecule has 2 aromatic carbocycles. The highest BCUT2D eigenvalue weighted by Gasteiger charge is 2.23. The third kappa shape index (κ3) is 3.95. The third-order valence-corrected chi connectivity index (χ3v) is 4.68. The molecule has 0 unspecified atom stereocenters. The first-order valence-corrected chi connectivity index (χ1v) is 8.35. The fraction of sp³-hybridized carbons (Fsp3) is 0.111. The standard InChI is InChI=1S/C18H15N3O3S/c1-11-3-6-14(9-12(11)2)19-18-20-17(22)16(25-18)10-13-4-7-15(8-5-13)21(23)24/h3-10H,1-2H3,(H,19,20,22)/b16-10+. The number of aryl methyl sites for hydroxylation is 2. The van der Waals surface area contributed by atoms with Crippen LogP contribution in [-0.2, 0) is 4.79 Å². The van der Waals surface area contributed by atoms with Gasteiger partial charge < -0.3 is 5.32 Å². The minimum atomic E-state index is -0.456. The van der Waals surface area contributed by atoms with Gasteiger partial charge in [0, 0.05) is 12.1 Å². The number of nitro benzene ring substituents is 1. The van der Waals surface area contributed by atoms with Gasteiger partial charge in [-0.2, -0.15) is 0 Å². The predicted molar refractivity (Wildman–Crippen MR) is 99.8 cm³/mol. The van der Waals surface area contributed by atoms with Crippen molar-refractivity contribution in [3.05, 3.63) is 74.2 Å². The van der Waals surface area contributed by atoms with Crippen LogP contribution in [0, 0.1) is 24.0 Å². The molecule has 0 radical (unpaired) electrons. The van der Waals surface area contributed by atoms with E-state index in [1.807, 2.05) is 32.0 Å². The van der Waals surface area contributed by atoms with Crippen LogP contribution in [0.2, 0.25) is 0 Å². The van der Waals surface area contributed by atoms with Crippen LogP contribution in [0.5, 0.6) is 0 Å². The molecule has 1 fully saturated rings. The average molecular weight is 353 g/mol. The lowest BCUT2D eigenvalue weighted by Crippen LogP contribution is -2.19. The molecule has 1 N–H and O–H groups in total. The quantitative estimate of drug-likeness (QED) is 0.511. The van der Waals surface area contributed by atoms with Gasteiger partial charge in [-0.3, -0.25) is 14.9 Å². The molecule has 1 saturated heterocycles. The van der Waals surface area contributed by atoms with Crippen LogP contribution >= 0.6 is 11.8 Å². The lowest BCUT2D eigenvalue weighted by molar-refractivity contribution is -0.384. The van der Waals surface area contributed by atoms with Gasteiger partial charge in [0.05, 0.1) is 15.5 Å². The molecule has 0 aliphatic carbocycles. The van der Waals surface area contributed by atoms with E-state index in [9.17, 15) is 14.9 Å². The number of nitrogens with zero attached hydrogens (tertiary/aromatic N) is 2. The van der Waals surface area contributed by atoms with Crippen LogP contribution < -0.4 is 5.32 Å². The average Bonchev–Trinajstić information content (AvgIpc) is 2.91. The summed E-state index contributed by atoms with van der Waals surface area (Å²) in [5, 5.41) is 13.9. The van der Waals surface area contributed by atoms with Crippen LogP contribution in [0.25, 0.3) is 6.08 Å². The molecule has 0 spiro atoms. The zero-order chi connectivity index (χ0) is 18.0. The monoisotopic (exact) mass is 353 g/mol. The number of non-ortho nitro benzene ring substituents is 1. The van der Waals surface area contributed by atoms with E-state index in [2.05, 4.69) is 10.3 Å². The molecule has 7 heteroatoms. The predicted octanol–water partition coefficient (Wildman–Crippen LogP) is 4.10. The number of thioether (sulfide) groups is 1. The highest BCUT2D eigenvalue weighted by Crippen LogP contribution is 2.29. The Morgan fingerprint density at radius 1 is 1.12 bits per heavy atom. The van der Waals surface area contributed by atoms with E-state index in [1.165, 1.54) is 29.5 Å². The summed E-state index contributed by atoms with van der Waals surface area (Å²) in [5.74, 6) is -0.231. The minimum absolute atomic E-state index is 0.0164. The maximum atomic E-state index is 12.1. The molecular formula is C18H15N3O3S. The van der Waals surface area contributed by atoms with Crippen LogP contribution in [0.4, 0.5) is 11.4 Å². The molecule has 1 amide bonds. The number of carbonyl (C=O) groups excluding carboxylic acids is 1. The molecule has 0 saturated carbocycles. The summed E-state index contributed by atoms with van der Waals surface area (Å²) in [6.45, 7) is 4.04. The van der Waals surface area contributed by atoms with Crippen LogP contribution in [0.1, 0.15) is 16.7 Å². The van der Waals surface area contributed by atoms with Crippen molar-refractivity contribution in [3.8, 4) is 0 Å². The summed E-state index contributed by atoms with van der Waals surface area (Å²) in [6.07, 6.45) is 1.69. The fourth-order valence-electron chi connectivity index (χ4n) is 2.24. The number of hydrogen-bond acceptors (Lipinski definition) is 5. The number of hydrogen-bond donors (Lipinski definition) is 1. The Bertz CT molecular complexity index is 918. The molecule has 0 aromatic heterocycles. The normalized spacial score (nSPS) is 17.1. The molecular weight excluding hydrogens is 338 g/mol. The van der Waals surface area contributed by atoms with Crippen molar-refractivity contribution in [2.75, 3.05) is 0 Å². The molecule has 1 aliphatic heterocycles. The molecule has 2 aromatic rings. The second kappa shape index (κ2) is 6.90. The molecule has 0 atom stereocenters. The van der Waals surface area contributed by atoms with Gasteiger partial charge in [0.25, 0.3) is 11.6 Å². The largest absolute Gasteiger partial charge is 0.300 e. The van der Waals surface area contributed by atoms with Crippen molar-refractivity contribution in [2.45, 2.75) is 13.8 Å². The molecule has 25 heavy (non-hydrogen) atoms. The number of benzene rings is 2. The van der Waals surface area contributed by atoms with Crippen molar-refractivity contribution in [3.63, 3.8) is 0 Å². The topological polar surface area (TPSA) is 84.6 Å². The Labute approximate surface area is 148 Å². The molecule has 126 valence electrons. The number of rotatable bonds is 3. The van der Waals surface area contributed by atoms with E-state index in [1.54, 1.807) is 18.2 Å². The SMILES string of the molecule is Cc1ccc(N=C2NC(=O)/C(=C\c3ccc([N+](=O)[O-])cc3)S2)cc1C. The lowest BCUT2D eigenvalue weighted by Gasteiger charge is -2.01. The van der Waals surface area contributed by atoms with E-state index in [0.29, 0.717) is 10.1 Å². The minimum Gasteiger partial charge on any atom is -0.300 e. The summed E-state index contributed by atoms with van der Waals surface area (Å²) in [4.78, 5) is 27.3. The van der Waals surface area contributed by atoms with Gasteiger partial charge in [0.15, 0.2) is 5.17 Å². The van der Waals surface area contributed by atoms with Gasteiger partial charge in [-0.25, -0.2) is 4.99 Å². The summed E-state index contributed by atoms with van der Waals surface area (Å²) in [6, 6.07) is 11.9. The van der Waals surface area contributed by atoms with E-state index < -0.39 is 4.92 Å². The fourth-order valence-corrected chi connectivity index (χ4v) is 3.08. The Morgan fingerprint density at radius 3 is 2.48 bits per heavy atom. The van der Waals surface area contributed by atoms with E-state index >= 15 is 0 Å². The molecule has 3 rings (SSSR count). The first-order valence-electron chi connectivity index (χ1n) is 7.54. The van der Waals surface area contributed by atoms with Gasteiger partial charge in [-0.15, -0.1) is 0 Å². The highest BCUT2D eigenvalue weighted by atomic mass is 32.2. The Morgan fingerprint density at radius 2 is 1.84 bits per heavy atom. The first-order chi connectivity index (χ1) is 11.9. The molecule has 0 bridgehead atoms. The summed E-state index contributed by atoms with van der Waals surface area (Å²) >= 11 is 1.25. The maximum absolute atomic E-state index is 12.1. The Balaban J connectivity index is 1.80. The van der Waals surface area contributed by atoms with Crippen molar-refractivity contribution in [2.24, 2.45) is 4.99 Å². The maximum Gasteiger partial charge on any atom is 0.269 e. The van der Waals surface area contributed by atoms with E-state index in [0.717, 1.165) is 16.8 Å². The van der Waals surface area contributed by atoms with Gasteiger partial charge in [0.1, 0.15) is 0 Å². The van der Waals surface area contributed by atoms with E-state index in [4.69, 9.17) is 0 Å². The lowest BCUT2D eigenvalue weighted by atomic mass is 10.1. The van der Waals surface area contributed by atoms with Crippen molar-refractivity contribution in [1.82, 2.24) is 5.32 Å². The van der Waals surface area contributed by atoms with Crippen molar-refractivity contribution in [1.29, 1.82) is 0 Å². The van der Waals surface area contributed by atoms with Crippen molar-refractivity contribution >= 4 is 40.3 Å². The van der Waals surface area contributed by atoms with Gasteiger partial charge >= 0.3 is 0 Å². The number of carbonyl (C=O) groups is 1. The van der Waals surface area contributed by atoms with E-state index in [-0.39, 0.29) is 11.6 Å². The summed E-state index contributed by atoms with van der Waals surface area (Å²) < 4.78 is 0. The number of amidine groups is 1. The highest BCUT2D eigenvalue weighted by molar-refractivity contribution is 8.18. The third-order valence-electron chi connectivity index (χ3n) is 3.77. The first kappa shape index (κ1) is 16.9. The number of nitro groups is 1. The van der Waals surface area contributed by atoms with Crippen molar-refractivity contribution < 1.29 is 9.72 Å². The Hall–Kier alpha value is -2.93. The summed E-state index contributed by atoms with van der Waals surface area (Å²) in [7, 11) is 0. The van der Waals surface area contributed by atoms with Crippen LogP contribution in [-0.4, -0.2) is 16.0 Å². The summed E-state index contributed by atoms with van der Waals surface area (Å²) in [5.41, 5.74) is 3.84. The number of nitrogens with one attached hydrogen (secondary N) is 1. The molecule has 6 nitrogen and oxygen atoms in total. The van der Waals surface area contributed by atoms with Crippen LogP contribution in [0.3, 0.4) is 0 Å². The number of amides is 1. The second-order valence-electron chi connectivity index (χ2n) is 5.60. The zero-order valence-electron chi connectivity index (χ0n) is 13.6.